The average molecular weight is 357 g/mol. The molecule has 0 aromatic heterocycles. The fourth-order valence-corrected chi connectivity index (χ4v) is 5.47. The fourth-order valence-electron chi connectivity index (χ4n) is 5.47. The lowest BCUT2D eigenvalue weighted by Crippen LogP contribution is -2.37. The lowest BCUT2D eigenvalue weighted by Gasteiger charge is -2.41. The van der Waals surface area contributed by atoms with Crippen LogP contribution in [0.2, 0.25) is 0 Å². The molecule has 0 spiro atoms. The summed E-state index contributed by atoms with van der Waals surface area (Å²) < 4.78 is 0. The van der Waals surface area contributed by atoms with Gasteiger partial charge in [-0.3, -0.25) is 0 Å². The summed E-state index contributed by atoms with van der Waals surface area (Å²) in [5.41, 5.74) is 15.8. The summed E-state index contributed by atoms with van der Waals surface area (Å²) in [7, 11) is 0. The molecule has 2 fully saturated rings. The first-order chi connectivity index (χ1) is 12.2. The third-order valence-corrected chi connectivity index (χ3v) is 7.94. The maximum Gasteiger partial charge on any atom is 0.00390 e. The monoisotopic (exact) mass is 356 g/mol. The Morgan fingerprint density at radius 2 is 1.00 bits per heavy atom. The number of nitrogens with two attached hydrogens (primary N) is 2. The predicted octanol–water partition coefficient (Wildman–Crippen LogP) is 5.28. The molecule has 2 nitrogen and oxygen atoms in total. The van der Waals surface area contributed by atoms with Crippen LogP contribution in [0.15, 0.2) is 24.3 Å². The van der Waals surface area contributed by atoms with Gasteiger partial charge in [0.1, 0.15) is 0 Å². The van der Waals surface area contributed by atoms with Gasteiger partial charge in [0.25, 0.3) is 0 Å². The van der Waals surface area contributed by atoms with E-state index >= 15 is 0 Å². The minimum atomic E-state index is 0.223. The van der Waals surface area contributed by atoms with Crippen molar-refractivity contribution in [3.05, 3.63) is 35.4 Å². The molecule has 0 amide bonds. The van der Waals surface area contributed by atoms with Gasteiger partial charge in [-0.15, -0.1) is 0 Å². The SMILES string of the molecule is CC(C)(c1cccc(C(C)(C)C2CCC(N)CC2)c1)C1CCC(N)CC1. The second-order valence-corrected chi connectivity index (χ2v) is 10.2. The van der Waals surface area contributed by atoms with Gasteiger partial charge in [-0.2, -0.15) is 0 Å². The Morgan fingerprint density at radius 1 is 0.654 bits per heavy atom. The number of rotatable bonds is 4. The zero-order valence-electron chi connectivity index (χ0n) is 17.4. The lowest BCUT2D eigenvalue weighted by molar-refractivity contribution is 0.216. The van der Waals surface area contributed by atoms with Gasteiger partial charge in [0.15, 0.2) is 0 Å². The van der Waals surface area contributed by atoms with Gasteiger partial charge in [-0.05, 0) is 85.2 Å². The van der Waals surface area contributed by atoms with Crippen LogP contribution in [-0.4, -0.2) is 12.1 Å². The fraction of sp³-hybridized carbons (Fsp3) is 0.750. The summed E-state index contributed by atoms with van der Waals surface area (Å²) in [6.45, 7) is 9.78. The van der Waals surface area contributed by atoms with E-state index in [0.29, 0.717) is 12.1 Å². The summed E-state index contributed by atoms with van der Waals surface area (Å²) in [6, 6.07) is 10.4. The minimum Gasteiger partial charge on any atom is -0.328 e. The van der Waals surface area contributed by atoms with Crippen LogP contribution in [0.25, 0.3) is 0 Å². The Balaban J connectivity index is 1.81. The number of hydrogen-bond acceptors (Lipinski definition) is 2. The summed E-state index contributed by atoms with van der Waals surface area (Å²) in [5, 5.41) is 0. The average Bonchev–Trinajstić information content (AvgIpc) is 2.62. The van der Waals surface area contributed by atoms with Gasteiger partial charge >= 0.3 is 0 Å². The molecule has 0 aliphatic heterocycles. The second kappa shape index (κ2) is 7.64. The highest BCUT2D eigenvalue weighted by Gasteiger charge is 2.37. The molecular weight excluding hydrogens is 316 g/mol. The Hall–Kier alpha value is -0.860. The van der Waals surface area contributed by atoms with E-state index in [0.717, 1.165) is 11.8 Å². The van der Waals surface area contributed by atoms with Gasteiger partial charge in [0.2, 0.25) is 0 Å². The lowest BCUT2D eigenvalue weighted by atomic mass is 9.64. The molecule has 2 saturated carbocycles. The third-order valence-electron chi connectivity index (χ3n) is 7.94. The Labute approximate surface area is 161 Å². The minimum absolute atomic E-state index is 0.223. The topological polar surface area (TPSA) is 52.0 Å². The standard InChI is InChI=1S/C24H40N2/c1-23(2,17-8-12-21(25)13-9-17)19-6-5-7-20(16-19)24(3,4)18-10-14-22(26)15-11-18/h5-7,16-18,21-22H,8-15,25-26H2,1-4H3. The van der Waals surface area contributed by atoms with Crippen LogP contribution < -0.4 is 11.5 Å². The van der Waals surface area contributed by atoms with Crippen LogP contribution in [0.5, 0.6) is 0 Å². The van der Waals surface area contributed by atoms with E-state index in [-0.39, 0.29) is 10.8 Å². The smallest absolute Gasteiger partial charge is 0.00390 e. The van der Waals surface area contributed by atoms with Crippen molar-refractivity contribution in [2.45, 2.75) is 102 Å². The van der Waals surface area contributed by atoms with E-state index in [2.05, 4.69) is 52.0 Å². The van der Waals surface area contributed by atoms with Crippen LogP contribution in [0.1, 0.15) is 90.2 Å². The molecule has 0 bridgehead atoms. The van der Waals surface area contributed by atoms with Gasteiger partial charge in [0, 0.05) is 12.1 Å². The van der Waals surface area contributed by atoms with Gasteiger partial charge in [0.05, 0.1) is 0 Å². The van der Waals surface area contributed by atoms with Gasteiger partial charge in [-0.1, -0.05) is 52.0 Å². The molecule has 2 aliphatic carbocycles. The maximum absolute atomic E-state index is 6.14. The van der Waals surface area contributed by atoms with E-state index in [1.807, 2.05) is 0 Å². The highest BCUT2D eigenvalue weighted by molar-refractivity contribution is 5.34. The first kappa shape index (κ1) is 19.9. The van der Waals surface area contributed by atoms with Crippen molar-refractivity contribution >= 4 is 0 Å². The van der Waals surface area contributed by atoms with Crippen molar-refractivity contribution in [2.75, 3.05) is 0 Å². The van der Waals surface area contributed by atoms with Crippen molar-refractivity contribution < 1.29 is 0 Å². The number of hydrogen-bond donors (Lipinski definition) is 2. The normalized spacial score (nSPS) is 31.0. The van der Waals surface area contributed by atoms with Crippen LogP contribution in [0.3, 0.4) is 0 Å². The highest BCUT2D eigenvalue weighted by atomic mass is 14.6. The molecule has 0 saturated heterocycles. The van der Waals surface area contributed by atoms with E-state index in [4.69, 9.17) is 11.5 Å². The first-order valence-electron chi connectivity index (χ1n) is 10.8. The largest absolute Gasteiger partial charge is 0.328 e. The number of benzene rings is 1. The molecule has 0 radical (unpaired) electrons. The molecule has 26 heavy (non-hydrogen) atoms. The Bertz CT molecular complexity index is 539. The zero-order chi connectivity index (χ0) is 18.9. The molecule has 1 aromatic carbocycles. The van der Waals surface area contributed by atoms with E-state index in [9.17, 15) is 0 Å². The van der Waals surface area contributed by atoms with Crippen molar-refractivity contribution in [3.63, 3.8) is 0 Å². The van der Waals surface area contributed by atoms with Crippen molar-refractivity contribution in [1.29, 1.82) is 0 Å². The van der Waals surface area contributed by atoms with Crippen molar-refractivity contribution in [3.8, 4) is 0 Å². The zero-order valence-corrected chi connectivity index (χ0v) is 17.4. The molecule has 2 aliphatic rings. The first-order valence-corrected chi connectivity index (χ1v) is 10.8. The summed E-state index contributed by atoms with van der Waals surface area (Å²) in [4.78, 5) is 0. The van der Waals surface area contributed by atoms with Crippen LogP contribution >= 0.6 is 0 Å². The highest BCUT2D eigenvalue weighted by Crippen LogP contribution is 2.44. The molecule has 2 heteroatoms. The summed E-state index contributed by atoms with van der Waals surface area (Å²) in [6.07, 6.45) is 9.79. The summed E-state index contributed by atoms with van der Waals surface area (Å²) in [5.74, 6) is 1.49. The third kappa shape index (κ3) is 4.02. The molecule has 3 rings (SSSR count). The maximum atomic E-state index is 6.14. The van der Waals surface area contributed by atoms with Crippen LogP contribution in [0.4, 0.5) is 0 Å². The molecule has 1 aromatic rings. The molecule has 0 unspecified atom stereocenters. The molecule has 146 valence electrons. The van der Waals surface area contributed by atoms with E-state index in [1.54, 1.807) is 0 Å². The van der Waals surface area contributed by atoms with Crippen LogP contribution in [-0.2, 0) is 10.8 Å². The molecule has 0 atom stereocenters. The van der Waals surface area contributed by atoms with Gasteiger partial charge < -0.3 is 11.5 Å². The Morgan fingerprint density at radius 3 is 1.35 bits per heavy atom. The Kier molecular flexibility index (Phi) is 5.84. The van der Waals surface area contributed by atoms with Crippen molar-refractivity contribution in [2.24, 2.45) is 23.3 Å². The quantitative estimate of drug-likeness (QED) is 0.771. The van der Waals surface area contributed by atoms with Crippen molar-refractivity contribution in [1.82, 2.24) is 0 Å². The van der Waals surface area contributed by atoms with Crippen LogP contribution in [0, 0.1) is 11.8 Å². The second-order valence-electron chi connectivity index (χ2n) is 10.2. The van der Waals surface area contributed by atoms with Gasteiger partial charge in [-0.25, -0.2) is 0 Å². The molecule has 0 heterocycles. The predicted molar refractivity (Wildman–Crippen MR) is 112 cm³/mol. The summed E-state index contributed by atoms with van der Waals surface area (Å²) >= 11 is 0. The molecular formula is C24H40N2. The van der Waals surface area contributed by atoms with E-state index < -0.39 is 0 Å². The van der Waals surface area contributed by atoms with E-state index in [1.165, 1.54) is 62.5 Å². The molecule has 4 N–H and O–H groups in total.